The molecule has 1 N–H and O–H groups in total. The van der Waals surface area contributed by atoms with Crippen LogP contribution >= 0.6 is 12.2 Å². The van der Waals surface area contributed by atoms with E-state index in [1.165, 1.54) is 12.8 Å². The van der Waals surface area contributed by atoms with Gasteiger partial charge in [-0.25, -0.2) is 0 Å². The zero-order valence-electron chi connectivity index (χ0n) is 15.1. The Labute approximate surface area is 153 Å². The summed E-state index contributed by atoms with van der Waals surface area (Å²) < 4.78 is 13.4. The number of ether oxygens (including phenoxy) is 2. The average Bonchev–Trinajstić information content (AvgIpc) is 2.97. The van der Waals surface area contributed by atoms with Crippen molar-refractivity contribution < 1.29 is 9.47 Å². The third-order valence-electron chi connectivity index (χ3n) is 3.71. The molecule has 0 saturated carbocycles. The van der Waals surface area contributed by atoms with Gasteiger partial charge >= 0.3 is 0 Å². The summed E-state index contributed by atoms with van der Waals surface area (Å²) in [6.45, 7) is 4.96. The number of nitrogens with one attached hydrogen (secondary N) is 1. The molecule has 0 amide bonds. The highest BCUT2D eigenvalue weighted by molar-refractivity contribution is 7.71. The Morgan fingerprint density at radius 1 is 1.24 bits per heavy atom. The first kappa shape index (κ1) is 19.2. The van der Waals surface area contributed by atoms with Gasteiger partial charge in [0.25, 0.3) is 0 Å². The van der Waals surface area contributed by atoms with Crippen molar-refractivity contribution in [3.8, 4) is 11.5 Å². The number of H-pyrrole nitrogens is 1. The van der Waals surface area contributed by atoms with Crippen LogP contribution in [0.1, 0.15) is 50.9 Å². The predicted molar refractivity (Wildman–Crippen MR) is 102 cm³/mol. The van der Waals surface area contributed by atoms with Gasteiger partial charge in [-0.2, -0.15) is 14.9 Å². The predicted octanol–water partition coefficient (Wildman–Crippen LogP) is 4.35. The molecule has 0 aliphatic heterocycles. The fourth-order valence-corrected chi connectivity index (χ4v) is 2.57. The quantitative estimate of drug-likeness (QED) is 0.388. The lowest BCUT2D eigenvalue weighted by molar-refractivity contribution is 0.286. The van der Waals surface area contributed by atoms with Crippen molar-refractivity contribution >= 4 is 18.4 Å². The first-order valence-corrected chi connectivity index (χ1v) is 9.11. The lowest BCUT2D eigenvalue weighted by atomic mass is 10.2. The molecule has 0 aliphatic rings. The van der Waals surface area contributed by atoms with Crippen molar-refractivity contribution in [2.24, 2.45) is 5.10 Å². The van der Waals surface area contributed by atoms with E-state index in [4.69, 9.17) is 21.7 Å². The number of benzene rings is 1. The van der Waals surface area contributed by atoms with Crippen molar-refractivity contribution in [1.29, 1.82) is 0 Å². The van der Waals surface area contributed by atoms with Gasteiger partial charge in [0.2, 0.25) is 4.77 Å². The number of aromatic nitrogens is 3. The summed E-state index contributed by atoms with van der Waals surface area (Å²) in [7, 11) is 1.64. The van der Waals surface area contributed by atoms with Crippen LogP contribution in [-0.2, 0) is 6.42 Å². The number of unbranched alkanes of at least 4 members (excludes halogenated alkanes) is 2. The fraction of sp³-hybridized carbons (Fsp3) is 0.500. The summed E-state index contributed by atoms with van der Waals surface area (Å²) in [6, 6.07) is 5.76. The molecule has 2 aromatic rings. The second-order valence-electron chi connectivity index (χ2n) is 5.72. The minimum absolute atomic E-state index is 0.488. The molecular formula is C18H26N4O2S. The zero-order valence-corrected chi connectivity index (χ0v) is 15.9. The molecule has 136 valence electrons. The van der Waals surface area contributed by atoms with Crippen LogP contribution in [0.2, 0.25) is 0 Å². The number of hydrogen-bond acceptors (Lipinski definition) is 5. The number of aromatic amines is 1. The highest BCUT2D eigenvalue weighted by atomic mass is 32.1. The number of hydrogen-bond donors (Lipinski definition) is 1. The second-order valence-corrected chi connectivity index (χ2v) is 6.10. The van der Waals surface area contributed by atoms with E-state index in [0.717, 1.165) is 36.4 Å². The van der Waals surface area contributed by atoms with Gasteiger partial charge in [-0.3, -0.25) is 5.10 Å². The maximum atomic E-state index is 5.80. The zero-order chi connectivity index (χ0) is 18.1. The first-order valence-electron chi connectivity index (χ1n) is 8.71. The van der Waals surface area contributed by atoms with Gasteiger partial charge in [0.1, 0.15) is 0 Å². The molecule has 0 fully saturated rings. The Morgan fingerprint density at radius 2 is 2.08 bits per heavy atom. The van der Waals surface area contributed by atoms with Crippen LogP contribution in [0.15, 0.2) is 23.3 Å². The molecule has 25 heavy (non-hydrogen) atoms. The molecule has 0 bridgehead atoms. The van der Waals surface area contributed by atoms with E-state index in [1.54, 1.807) is 18.0 Å². The normalized spacial score (nSPS) is 11.2. The monoisotopic (exact) mass is 362 g/mol. The van der Waals surface area contributed by atoms with Crippen LogP contribution in [0.3, 0.4) is 0 Å². The highest BCUT2D eigenvalue weighted by Gasteiger charge is 2.06. The molecular weight excluding hydrogens is 336 g/mol. The third kappa shape index (κ3) is 5.42. The van der Waals surface area contributed by atoms with Gasteiger partial charge in [0, 0.05) is 6.42 Å². The maximum Gasteiger partial charge on any atom is 0.216 e. The lowest BCUT2D eigenvalue weighted by Crippen LogP contribution is -2.01. The molecule has 0 spiro atoms. The molecule has 0 saturated heterocycles. The highest BCUT2D eigenvalue weighted by Crippen LogP contribution is 2.27. The minimum atomic E-state index is 0.488. The molecule has 0 atom stereocenters. The van der Waals surface area contributed by atoms with E-state index in [9.17, 15) is 0 Å². The molecule has 2 rings (SSSR count). The Bertz CT molecular complexity index is 752. The summed E-state index contributed by atoms with van der Waals surface area (Å²) in [5, 5.41) is 11.4. The fourth-order valence-electron chi connectivity index (χ4n) is 2.37. The van der Waals surface area contributed by atoms with E-state index in [0.29, 0.717) is 17.1 Å². The summed E-state index contributed by atoms with van der Waals surface area (Å²) in [5.74, 6) is 2.28. The smallest absolute Gasteiger partial charge is 0.216 e. The lowest BCUT2D eigenvalue weighted by Gasteiger charge is -2.11. The average molecular weight is 362 g/mol. The van der Waals surface area contributed by atoms with Crippen LogP contribution < -0.4 is 9.47 Å². The molecule has 0 aliphatic carbocycles. The Balaban J connectivity index is 2.12. The SMILES string of the molecule is CCCCCOc1ccc(C=Nn2c(CCC)n[nH]c2=S)cc1OC. The molecule has 0 radical (unpaired) electrons. The van der Waals surface area contributed by atoms with Gasteiger partial charge in [-0.05, 0) is 48.8 Å². The topological polar surface area (TPSA) is 64.4 Å². The van der Waals surface area contributed by atoms with Crippen LogP contribution in [0, 0.1) is 4.77 Å². The van der Waals surface area contributed by atoms with Crippen molar-refractivity contribution in [3.05, 3.63) is 34.4 Å². The van der Waals surface area contributed by atoms with Crippen molar-refractivity contribution in [3.63, 3.8) is 0 Å². The van der Waals surface area contributed by atoms with Crippen molar-refractivity contribution in [1.82, 2.24) is 14.9 Å². The van der Waals surface area contributed by atoms with Crippen LogP contribution in [-0.4, -0.2) is 34.8 Å². The minimum Gasteiger partial charge on any atom is -0.493 e. The van der Waals surface area contributed by atoms with E-state index >= 15 is 0 Å². The standard InChI is InChI=1S/C18H26N4O2S/c1-4-6-7-11-24-15-10-9-14(12-16(15)23-3)13-19-22-17(8-5-2)20-21-18(22)25/h9-10,12-13H,4-8,11H2,1-3H3,(H,21,25). The van der Waals surface area contributed by atoms with Crippen LogP contribution in [0.5, 0.6) is 11.5 Å². The number of rotatable bonds is 10. The van der Waals surface area contributed by atoms with Gasteiger partial charge in [0.15, 0.2) is 17.3 Å². The molecule has 1 heterocycles. The largest absolute Gasteiger partial charge is 0.493 e. The van der Waals surface area contributed by atoms with E-state index in [2.05, 4.69) is 29.1 Å². The molecule has 7 heteroatoms. The maximum absolute atomic E-state index is 5.80. The first-order chi connectivity index (χ1) is 12.2. The Kier molecular flexibility index (Phi) is 7.66. The Morgan fingerprint density at radius 3 is 2.80 bits per heavy atom. The van der Waals surface area contributed by atoms with Gasteiger partial charge in [-0.15, -0.1) is 0 Å². The summed E-state index contributed by atoms with van der Waals surface area (Å²) in [4.78, 5) is 0. The molecule has 1 aromatic heterocycles. The van der Waals surface area contributed by atoms with Gasteiger partial charge in [0.05, 0.1) is 19.9 Å². The number of aryl methyl sites for hydroxylation is 1. The number of methoxy groups -OCH3 is 1. The van der Waals surface area contributed by atoms with E-state index in [1.807, 2.05) is 18.2 Å². The van der Waals surface area contributed by atoms with Gasteiger partial charge < -0.3 is 9.47 Å². The van der Waals surface area contributed by atoms with E-state index < -0.39 is 0 Å². The Hall–Kier alpha value is -2.15. The molecule has 6 nitrogen and oxygen atoms in total. The third-order valence-corrected chi connectivity index (χ3v) is 3.97. The summed E-state index contributed by atoms with van der Waals surface area (Å²) >= 11 is 5.23. The van der Waals surface area contributed by atoms with E-state index in [-0.39, 0.29) is 0 Å². The summed E-state index contributed by atoms with van der Waals surface area (Å²) in [6.07, 6.45) is 6.92. The number of nitrogens with zero attached hydrogens (tertiary/aromatic N) is 3. The molecule has 1 aromatic carbocycles. The summed E-state index contributed by atoms with van der Waals surface area (Å²) in [5.41, 5.74) is 0.906. The van der Waals surface area contributed by atoms with Gasteiger partial charge in [-0.1, -0.05) is 26.7 Å². The van der Waals surface area contributed by atoms with Crippen LogP contribution in [0.25, 0.3) is 0 Å². The van der Waals surface area contributed by atoms with Crippen molar-refractivity contribution in [2.75, 3.05) is 13.7 Å². The van der Waals surface area contributed by atoms with Crippen molar-refractivity contribution in [2.45, 2.75) is 46.0 Å². The molecule has 0 unspecified atom stereocenters. The second kappa shape index (κ2) is 9.98. The van der Waals surface area contributed by atoms with Crippen LogP contribution in [0.4, 0.5) is 0 Å².